The molecule has 4 nitrogen and oxygen atoms in total. The van der Waals surface area contributed by atoms with Gasteiger partial charge in [-0.25, -0.2) is 4.39 Å². The zero-order valence-electron chi connectivity index (χ0n) is 18.8. The lowest BCUT2D eigenvalue weighted by Gasteiger charge is -2.26. The maximum atomic E-state index is 13.1. The van der Waals surface area contributed by atoms with E-state index in [1.54, 1.807) is 12.1 Å². The summed E-state index contributed by atoms with van der Waals surface area (Å²) in [6.45, 7) is 0.940. The van der Waals surface area contributed by atoms with Crippen molar-refractivity contribution < 1.29 is 14.3 Å². The van der Waals surface area contributed by atoms with Gasteiger partial charge in [0.1, 0.15) is 5.82 Å². The molecule has 2 N–H and O–H groups in total. The van der Waals surface area contributed by atoms with Crippen molar-refractivity contribution in [2.45, 2.75) is 25.4 Å². The maximum absolute atomic E-state index is 13.1. The van der Waals surface area contributed by atoms with Crippen LogP contribution in [0.2, 0.25) is 0 Å². The zero-order valence-corrected chi connectivity index (χ0v) is 18.8. The number of nitrogens with one attached hydrogen (secondary N) is 1. The first-order chi connectivity index (χ1) is 16.1. The third-order valence-corrected chi connectivity index (χ3v) is 6.17. The molecule has 0 radical (unpaired) electrons. The number of hydrogen-bond acceptors (Lipinski definition) is 3. The van der Waals surface area contributed by atoms with Crippen molar-refractivity contribution in [3.8, 4) is 11.1 Å². The normalized spacial score (nSPS) is 12.9. The van der Waals surface area contributed by atoms with Crippen LogP contribution >= 0.6 is 0 Å². The van der Waals surface area contributed by atoms with Crippen molar-refractivity contribution in [1.29, 1.82) is 0 Å². The first-order valence-corrected chi connectivity index (χ1v) is 11.3. The van der Waals surface area contributed by atoms with Crippen LogP contribution in [0.15, 0.2) is 78.9 Å². The minimum absolute atomic E-state index is 0.0686. The predicted octanol–water partition coefficient (Wildman–Crippen LogP) is 4.63. The molecule has 0 saturated carbocycles. The summed E-state index contributed by atoms with van der Waals surface area (Å²) in [6, 6.07) is 22.5. The Morgan fingerprint density at radius 2 is 1.55 bits per heavy atom. The van der Waals surface area contributed by atoms with Crippen LogP contribution in [0.25, 0.3) is 16.7 Å². The second-order valence-corrected chi connectivity index (χ2v) is 8.35. The third kappa shape index (κ3) is 5.21. The van der Waals surface area contributed by atoms with E-state index < -0.39 is 6.04 Å². The summed E-state index contributed by atoms with van der Waals surface area (Å²) in [5, 5.41) is 12.4. The van der Waals surface area contributed by atoms with Crippen LogP contribution in [0.1, 0.15) is 29.5 Å². The van der Waals surface area contributed by atoms with Gasteiger partial charge in [-0.2, -0.15) is 0 Å². The molecule has 0 fully saturated rings. The lowest BCUT2D eigenvalue weighted by molar-refractivity contribution is -0.126. The number of fused-ring (bicyclic) bond motifs is 3. The zero-order chi connectivity index (χ0) is 23.2. The van der Waals surface area contributed by atoms with Gasteiger partial charge >= 0.3 is 0 Å². The Morgan fingerprint density at radius 3 is 2.12 bits per heavy atom. The van der Waals surface area contributed by atoms with E-state index in [2.05, 4.69) is 59.9 Å². The highest BCUT2D eigenvalue weighted by Gasteiger charge is 2.24. The maximum Gasteiger partial charge on any atom is 0.237 e. The van der Waals surface area contributed by atoms with Gasteiger partial charge in [0.05, 0.1) is 6.04 Å². The fourth-order valence-electron chi connectivity index (χ4n) is 4.42. The van der Waals surface area contributed by atoms with Crippen LogP contribution in [0.4, 0.5) is 4.39 Å². The van der Waals surface area contributed by atoms with Gasteiger partial charge < -0.3 is 10.4 Å². The van der Waals surface area contributed by atoms with Gasteiger partial charge in [-0.3, -0.25) is 9.69 Å². The number of amides is 1. The summed E-state index contributed by atoms with van der Waals surface area (Å²) in [7, 11) is 1.91. The Labute approximate surface area is 194 Å². The summed E-state index contributed by atoms with van der Waals surface area (Å²) in [5.74, 6) is -0.440. The van der Waals surface area contributed by atoms with Gasteiger partial charge in [0, 0.05) is 19.7 Å². The van der Waals surface area contributed by atoms with Crippen LogP contribution in [-0.2, 0) is 11.3 Å². The molecule has 1 aliphatic carbocycles. The van der Waals surface area contributed by atoms with Crippen LogP contribution in [-0.4, -0.2) is 42.2 Å². The Bertz CT molecular complexity index is 1090. The highest BCUT2D eigenvalue weighted by Crippen LogP contribution is 2.43. The van der Waals surface area contributed by atoms with Crippen LogP contribution in [0.3, 0.4) is 0 Å². The number of carbonyl (C=O) groups is 1. The summed E-state index contributed by atoms with van der Waals surface area (Å²) in [6.07, 6.45) is 3.38. The molecule has 0 spiro atoms. The molecule has 170 valence electrons. The monoisotopic (exact) mass is 444 g/mol. The number of halogens is 1. The van der Waals surface area contributed by atoms with Gasteiger partial charge in [0.15, 0.2) is 0 Å². The molecule has 33 heavy (non-hydrogen) atoms. The van der Waals surface area contributed by atoms with E-state index in [9.17, 15) is 14.3 Å². The molecule has 0 aliphatic heterocycles. The van der Waals surface area contributed by atoms with E-state index in [0.717, 1.165) is 12.0 Å². The number of hydrogen-bond donors (Lipinski definition) is 2. The lowest BCUT2D eigenvalue weighted by Crippen LogP contribution is -2.45. The number of aliphatic hydroxyl groups excluding tert-OH is 1. The number of aliphatic hydroxyl groups is 1. The molecule has 0 aromatic heterocycles. The van der Waals surface area contributed by atoms with Crippen LogP contribution in [0.5, 0.6) is 0 Å². The topological polar surface area (TPSA) is 52.6 Å². The fourth-order valence-corrected chi connectivity index (χ4v) is 4.42. The van der Waals surface area contributed by atoms with E-state index in [-0.39, 0.29) is 18.3 Å². The van der Waals surface area contributed by atoms with Crippen molar-refractivity contribution in [3.63, 3.8) is 0 Å². The standard InChI is InChI=1S/C28H29FN2O2/c1-31(27(16-18-32)28(33)30-19-20-12-14-21(29)15-13-20)17-6-11-26-24-9-4-2-7-22(24)23-8-3-5-10-25(23)26/h2-5,7-15,27,32H,6,16-19H2,1H3,(H,30,33). The van der Waals surface area contributed by atoms with E-state index in [1.807, 2.05) is 11.9 Å². The Kier molecular flexibility index (Phi) is 7.33. The predicted molar refractivity (Wildman–Crippen MR) is 130 cm³/mol. The molecule has 1 amide bonds. The van der Waals surface area contributed by atoms with Gasteiger partial charge in [0.2, 0.25) is 5.91 Å². The number of nitrogens with zero attached hydrogens (tertiary/aromatic N) is 1. The first-order valence-electron chi connectivity index (χ1n) is 11.3. The largest absolute Gasteiger partial charge is 0.396 e. The molecule has 0 bridgehead atoms. The van der Waals surface area contributed by atoms with E-state index >= 15 is 0 Å². The summed E-state index contributed by atoms with van der Waals surface area (Å²) < 4.78 is 13.1. The Hall–Kier alpha value is -3.28. The number of rotatable bonds is 9. The van der Waals surface area contributed by atoms with Crippen LogP contribution < -0.4 is 5.32 Å². The Morgan fingerprint density at radius 1 is 0.970 bits per heavy atom. The molecule has 1 unspecified atom stereocenters. The number of carbonyl (C=O) groups excluding carboxylic acids is 1. The summed E-state index contributed by atoms with van der Waals surface area (Å²) >= 11 is 0. The van der Waals surface area contributed by atoms with Crippen molar-refractivity contribution in [2.24, 2.45) is 0 Å². The van der Waals surface area contributed by atoms with Crippen molar-refractivity contribution in [3.05, 3.63) is 101 Å². The van der Waals surface area contributed by atoms with E-state index in [1.165, 1.54) is 40.0 Å². The summed E-state index contributed by atoms with van der Waals surface area (Å²) in [5.41, 5.74) is 7.06. The third-order valence-electron chi connectivity index (χ3n) is 6.17. The fraction of sp³-hybridized carbons (Fsp3) is 0.250. The molecule has 1 atom stereocenters. The van der Waals surface area contributed by atoms with Gasteiger partial charge in [-0.15, -0.1) is 0 Å². The quantitative estimate of drug-likeness (QED) is 0.396. The number of likely N-dealkylation sites (N-methyl/N-ethyl adjacent to an activating group) is 1. The lowest BCUT2D eigenvalue weighted by atomic mass is 10.0. The molecule has 0 saturated heterocycles. The molecule has 0 heterocycles. The molecule has 3 aromatic rings. The molecular weight excluding hydrogens is 415 g/mol. The second-order valence-electron chi connectivity index (χ2n) is 8.35. The van der Waals surface area contributed by atoms with Crippen molar-refractivity contribution in [2.75, 3.05) is 20.2 Å². The molecule has 4 rings (SSSR count). The van der Waals surface area contributed by atoms with Crippen molar-refractivity contribution >= 4 is 11.5 Å². The molecular formula is C28H29FN2O2. The highest BCUT2D eigenvalue weighted by molar-refractivity contribution is 6.01. The highest BCUT2D eigenvalue weighted by atomic mass is 19.1. The summed E-state index contributed by atoms with van der Waals surface area (Å²) in [4.78, 5) is 14.8. The van der Waals surface area contributed by atoms with Crippen molar-refractivity contribution in [1.82, 2.24) is 10.2 Å². The average molecular weight is 445 g/mol. The van der Waals surface area contributed by atoms with E-state index in [4.69, 9.17) is 0 Å². The minimum atomic E-state index is -0.433. The second kappa shape index (κ2) is 10.6. The smallest absolute Gasteiger partial charge is 0.237 e. The van der Waals surface area contributed by atoms with Gasteiger partial charge in [0.25, 0.3) is 0 Å². The van der Waals surface area contributed by atoms with Gasteiger partial charge in [-0.1, -0.05) is 66.7 Å². The average Bonchev–Trinajstić information content (AvgIpc) is 3.16. The molecule has 5 heteroatoms. The van der Waals surface area contributed by atoms with Gasteiger partial charge in [-0.05, 0) is 65.4 Å². The molecule has 1 aliphatic rings. The van der Waals surface area contributed by atoms with Crippen LogP contribution in [0, 0.1) is 5.82 Å². The Balaban J connectivity index is 1.41. The SMILES string of the molecule is CN(CCC=C1c2ccccc2-c2ccccc21)C(CCO)C(=O)NCc1ccc(F)cc1. The first kappa shape index (κ1) is 22.9. The van der Waals surface area contributed by atoms with E-state index in [0.29, 0.717) is 19.5 Å². The molecule has 3 aromatic carbocycles. The minimum Gasteiger partial charge on any atom is -0.396 e. The number of benzene rings is 3.